The first-order valence-electron chi connectivity index (χ1n) is 9.21. The molecule has 0 aliphatic rings. The van der Waals surface area contributed by atoms with Crippen molar-refractivity contribution in [1.82, 2.24) is 15.3 Å². The lowest BCUT2D eigenvalue weighted by molar-refractivity contribution is -0.139. The van der Waals surface area contributed by atoms with Gasteiger partial charge in [0.1, 0.15) is 0 Å². The van der Waals surface area contributed by atoms with Crippen molar-refractivity contribution < 1.29 is 14.3 Å². The van der Waals surface area contributed by atoms with E-state index in [1.54, 1.807) is 13.3 Å². The molecule has 0 saturated carbocycles. The van der Waals surface area contributed by atoms with E-state index in [0.29, 0.717) is 19.6 Å². The molecule has 2 aromatic rings. The summed E-state index contributed by atoms with van der Waals surface area (Å²) in [4.78, 5) is 23.5. The molecular formula is C21H28N4O3. The maximum atomic E-state index is 11.8. The van der Waals surface area contributed by atoms with E-state index in [-0.39, 0.29) is 0 Å². The SMILES string of the molecule is COCCCNC(=O)C(=O)N/N=C\c1cc(C)n(-c2cc(C)cc(C)c2)c1C. The number of amides is 2. The molecule has 0 bridgehead atoms. The van der Waals surface area contributed by atoms with Crippen LogP contribution < -0.4 is 10.7 Å². The Balaban J connectivity index is 2.05. The van der Waals surface area contributed by atoms with Crippen LogP contribution in [0.2, 0.25) is 0 Å². The Morgan fingerprint density at radius 2 is 1.75 bits per heavy atom. The molecule has 7 heteroatoms. The van der Waals surface area contributed by atoms with Crippen molar-refractivity contribution in [2.75, 3.05) is 20.3 Å². The molecular weight excluding hydrogens is 356 g/mol. The Bertz CT molecular complexity index is 864. The van der Waals surface area contributed by atoms with E-state index < -0.39 is 11.8 Å². The van der Waals surface area contributed by atoms with E-state index in [9.17, 15) is 9.59 Å². The van der Waals surface area contributed by atoms with Gasteiger partial charge >= 0.3 is 11.8 Å². The Kier molecular flexibility index (Phi) is 7.52. The summed E-state index contributed by atoms with van der Waals surface area (Å²) >= 11 is 0. The average Bonchev–Trinajstić information content (AvgIpc) is 2.91. The Hall–Kier alpha value is -2.93. The molecule has 2 rings (SSSR count). The van der Waals surface area contributed by atoms with Crippen LogP contribution in [0.25, 0.3) is 5.69 Å². The van der Waals surface area contributed by atoms with Crippen LogP contribution in [0, 0.1) is 27.7 Å². The first-order chi connectivity index (χ1) is 13.3. The van der Waals surface area contributed by atoms with Crippen molar-refractivity contribution in [3.05, 3.63) is 52.3 Å². The monoisotopic (exact) mass is 384 g/mol. The summed E-state index contributed by atoms with van der Waals surface area (Å²) in [5.74, 6) is -1.51. The number of nitrogens with one attached hydrogen (secondary N) is 2. The third-order valence-electron chi connectivity index (χ3n) is 4.32. The van der Waals surface area contributed by atoms with Crippen molar-refractivity contribution >= 4 is 18.0 Å². The standard InChI is InChI=1S/C21H28N4O3/c1-14-9-15(2)11-19(10-14)25-16(3)12-18(17(25)4)13-23-24-21(27)20(26)22-7-6-8-28-5/h9-13H,6-8H2,1-5H3,(H,22,26)(H,24,27)/b23-13-. The molecule has 28 heavy (non-hydrogen) atoms. The van der Waals surface area contributed by atoms with Crippen molar-refractivity contribution in [2.24, 2.45) is 5.10 Å². The molecule has 150 valence electrons. The normalized spacial score (nSPS) is 11.0. The lowest BCUT2D eigenvalue weighted by atomic mass is 10.1. The Labute approximate surface area is 165 Å². The molecule has 2 N–H and O–H groups in total. The number of carbonyl (C=O) groups is 2. The highest BCUT2D eigenvalue weighted by Gasteiger charge is 2.13. The number of nitrogens with zero attached hydrogens (tertiary/aromatic N) is 2. The zero-order valence-electron chi connectivity index (χ0n) is 17.1. The molecule has 1 heterocycles. The summed E-state index contributed by atoms with van der Waals surface area (Å²) in [5, 5.41) is 6.44. The van der Waals surface area contributed by atoms with Crippen LogP contribution in [-0.2, 0) is 14.3 Å². The highest BCUT2D eigenvalue weighted by atomic mass is 16.5. The van der Waals surface area contributed by atoms with Gasteiger partial charge in [0, 0.05) is 42.9 Å². The Morgan fingerprint density at radius 3 is 2.39 bits per heavy atom. The molecule has 0 atom stereocenters. The summed E-state index contributed by atoms with van der Waals surface area (Å²) < 4.78 is 7.03. The molecule has 0 saturated heterocycles. The second-order valence-corrected chi connectivity index (χ2v) is 6.81. The van der Waals surface area contributed by atoms with Crippen molar-refractivity contribution in [3.63, 3.8) is 0 Å². The predicted molar refractivity (Wildman–Crippen MR) is 110 cm³/mol. The van der Waals surface area contributed by atoms with E-state index in [0.717, 1.165) is 22.6 Å². The van der Waals surface area contributed by atoms with Crippen LogP contribution in [0.3, 0.4) is 0 Å². The molecule has 7 nitrogen and oxygen atoms in total. The van der Waals surface area contributed by atoms with Gasteiger partial charge in [-0.2, -0.15) is 5.10 Å². The lowest BCUT2D eigenvalue weighted by Gasteiger charge is -2.11. The van der Waals surface area contributed by atoms with Crippen molar-refractivity contribution in [3.8, 4) is 5.69 Å². The summed E-state index contributed by atoms with van der Waals surface area (Å²) in [6.07, 6.45) is 2.20. The minimum absolute atomic E-state index is 0.376. The molecule has 1 aromatic heterocycles. The van der Waals surface area contributed by atoms with Crippen LogP contribution >= 0.6 is 0 Å². The predicted octanol–water partition coefficient (Wildman–Crippen LogP) is 2.31. The number of hydrogen-bond donors (Lipinski definition) is 2. The average molecular weight is 384 g/mol. The van der Waals surface area contributed by atoms with Crippen LogP contribution in [0.4, 0.5) is 0 Å². The fourth-order valence-corrected chi connectivity index (χ4v) is 3.11. The van der Waals surface area contributed by atoms with Crippen LogP contribution in [-0.4, -0.2) is 42.9 Å². The van der Waals surface area contributed by atoms with Gasteiger partial charge in [-0.1, -0.05) is 6.07 Å². The van der Waals surface area contributed by atoms with Gasteiger partial charge in [0.2, 0.25) is 0 Å². The quantitative estimate of drug-likeness (QED) is 0.332. The van der Waals surface area contributed by atoms with Crippen LogP contribution in [0.5, 0.6) is 0 Å². The first kappa shape index (κ1) is 21.4. The zero-order valence-corrected chi connectivity index (χ0v) is 17.1. The number of rotatable bonds is 7. The van der Waals surface area contributed by atoms with Gasteiger partial charge in [-0.05, 0) is 63.4 Å². The Morgan fingerprint density at radius 1 is 1.07 bits per heavy atom. The smallest absolute Gasteiger partial charge is 0.329 e. The summed E-state index contributed by atoms with van der Waals surface area (Å²) in [7, 11) is 1.58. The third-order valence-corrected chi connectivity index (χ3v) is 4.32. The van der Waals surface area contributed by atoms with Gasteiger partial charge < -0.3 is 14.6 Å². The van der Waals surface area contributed by atoms with Gasteiger partial charge in [0.05, 0.1) is 6.21 Å². The summed E-state index contributed by atoms with van der Waals surface area (Å²) in [6, 6.07) is 8.39. The van der Waals surface area contributed by atoms with Gasteiger partial charge in [-0.25, -0.2) is 5.43 Å². The number of aromatic nitrogens is 1. The largest absolute Gasteiger partial charge is 0.385 e. The highest BCUT2D eigenvalue weighted by Crippen LogP contribution is 2.21. The first-order valence-corrected chi connectivity index (χ1v) is 9.21. The lowest BCUT2D eigenvalue weighted by Crippen LogP contribution is -2.38. The fraction of sp³-hybridized carbons (Fsp3) is 0.381. The molecule has 0 aliphatic heterocycles. The second-order valence-electron chi connectivity index (χ2n) is 6.81. The van der Waals surface area contributed by atoms with Gasteiger partial charge in [0.25, 0.3) is 0 Å². The van der Waals surface area contributed by atoms with E-state index in [2.05, 4.69) is 52.5 Å². The van der Waals surface area contributed by atoms with Gasteiger partial charge in [-0.15, -0.1) is 0 Å². The van der Waals surface area contributed by atoms with E-state index >= 15 is 0 Å². The molecule has 0 spiro atoms. The summed E-state index contributed by atoms with van der Waals surface area (Å²) in [5.41, 5.74) is 8.68. The maximum absolute atomic E-state index is 11.8. The number of carbonyl (C=O) groups excluding carboxylic acids is 2. The molecule has 0 unspecified atom stereocenters. The maximum Gasteiger partial charge on any atom is 0.329 e. The molecule has 0 aliphatic carbocycles. The summed E-state index contributed by atoms with van der Waals surface area (Å²) in [6.45, 7) is 9.06. The van der Waals surface area contributed by atoms with Crippen molar-refractivity contribution in [1.29, 1.82) is 0 Å². The van der Waals surface area contributed by atoms with Crippen LogP contribution in [0.1, 0.15) is 34.5 Å². The van der Waals surface area contributed by atoms with Crippen LogP contribution in [0.15, 0.2) is 29.4 Å². The topological polar surface area (TPSA) is 84.7 Å². The molecule has 2 amide bonds. The van der Waals surface area contributed by atoms with E-state index in [1.807, 2.05) is 19.9 Å². The minimum atomic E-state index is -0.795. The fourth-order valence-electron chi connectivity index (χ4n) is 3.11. The number of benzene rings is 1. The molecule has 1 aromatic carbocycles. The zero-order chi connectivity index (χ0) is 20.7. The van der Waals surface area contributed by atoms with E-state index in [1.165, 1.54) is 11.1 Å². The van der Waals surface area contributed by atoms with E-state index in [4.69, 9.17) is 4.74 Å². The van der Waals surface area contributed by atoms with Crippen molar-refractivity contribution in [2.45, 2.75) is 34.1 Å². The highest BCUT2D eigenvalue weighted by molar-refractivity contribution is 6.35. The third kappa shape index (κ3) is 5.53. The number of ether oxygens (including phenoxy) is 1. The number of hydrazone groups is 1. The molecule has 0 radical (unpaired) electrons. The number of hydrogen-bond acceptors (Lipinski definition) is 4. The van der Waals surface area contributed by atoms with Gasteiger partial charge in [-0.3, -0.25) is 9.59 Å². The van der Waals surface area contributed by atoms with Gasteiger partial charge in [0.15, 0.2) is 0 Å². The number of methoxy groups -OCH3 is 1. The second kappa shape index (κ2) is 9.85. The minimum Gasteiger partial charge on any atom is -0.385 e. The molecule has 0 fully saturated rings. The number of aryl methyl sites for hydroxylation is 3.